The van der Waals surface area contributed by atoms with Crippen LogP contribution in [0.4, 0.5) is 5.82 Å². The van der Waals surface area contributed by atoms with E-state index in [4.69, 9.17) is 4.74 Å². The summed E-state index contributed by atoms with van der Waals surface area (Å²) in [6.45, 7) is 5.37. The molecule has 0 aromatic carbocycles. The lowest BCUT2D eigenvalue weighted by Crippen LogP contribution is -2.50. The third kappa shape index (κ3) is 7.73. The van der Waals surface area contributed by atoms with Gasteiger partial charge in [-0.2, -0.15) is 5.10 Å². The Bertz CT molecular complexity index is 1220. The molecule has 2 aliphatic heterocycles. The molecule has 0 radical (unpaired) electrons. The lowest BCUT2D eigenvalue weighted by molar-refractivity contribution is -0.137. The van der Waals surface area contributed by atoms with Crippen LogP contribution in [0.15, 0.2) is 41.8 Å². The molecular weight excluding hydrogens is 502 g/mol. The number of aldehydes is 1. The number of piperidine rings is 1. The summed E-state index contributed by atoms with van der Waals surface area (Å²) in [6.07, 6.45) is 8.27. The van der Waals surface area contributed by atoms with E-state index in [-0.39, 0.29) is 12.3 Å². The largest absolute Gasteiger partial charge is 0.492 e. The lowest BCUT2D eigenvalue weighted by Gasteiger charge is -2.35. The first-order valence-electron chi connectivity index (χ1n) is 13.3. The molecule has 2 amide bonds. The zero-order chi connectivity index (χ0) is 27.6. The Labute approximate surface area is 227 Å². The highest BCUT2D eigenvalue weighted by molar-refractivity contribution is 6.00. The maximum Gasteiger partial charge on any atom is 0.250 e. The number of pyridine rings is 2. The van der Waals surface area contributed by atoms with Crippen LogP contribution in [-0.2, 0) is 14.4 Å². The van der Waals surface area contributed by atoms with Gasteiger partial charge in [0.05, 0.1) is 12.8 Å². The molecule has 2 aromatic rings. The molecule has 4 heterocycles. The van der Waals surface area contributed by atoms with Gasteiger partial charge in [0.25, 0.3) is 5.91 Å². The molecule has 2 aromatic heterocycles. The van der Waals surface area contributed by atoms with Crippen molar-refractivity contribution in [2.45, 2.75) is 38.1 Å². The summed E-state index contributed by atoms with van der Waals surface area (Å²) >= 11 is 0. The van der Waals surface area contributed by atoms with E-state index in [0.29, 0.717) is 36.2 Å². The van der Waals surface area contributed by atoms with E-state index in [1.807, 2.05) is 6.07 Å². The number of ether oxygens (including phenoxy) is 1. The van der Waals surface area contributed by atoms with E-state index in [9.17, 15) is 19.2 Å². The number of aromatic nitrogens is 2. The number of carbonyl (C=O) groups excluding carboxylic acids is 4. The van der Waals surface area contributed by atoms with Gasteiger partial charge in [0.15, 0.2) is 11.8 Å². The summed E-state index contributed by atoms with van der Waals surface area (Å²) in [5.41, 5.74) is 0.949. The predicted octanol–water partition coefficient (Wildman–Crippen LogP) is 0.658. The van der Waals surface area contributed by atoms with Crippen molar-refractivity contribution in [1.82, 2.24) is 24.8 Å². The molecule has 2 fully saturated rings. The molecule has 1 unspecified atom stereocenters. The van der Waals surface area contributed by atoms with Crippen molar-refractivity contribution in [2.75, 3.05) is 51.3 Å². The zero-order valence-corrected chi connectivity index (χ0v) is 22.2. The summed E-state index contributed by atoms with van der Waals surface area (Å²) in [6, 6.07) is 6.55. The number of carbonyl (C=O) groups is 4. The minimum absolute atomic E-state index is 0.254. The van der Waals surface area contributed by atoms with Crippen molar-refractivity contribution >= 4 is 30.3 Å². The van der Waals surface area contributed by atoms with Gasteiger partial charge in [-0.05, 0) is 56.5 Å². The molecule has 2 aliphatic rings. The molecule has 12 nitrogen and oxygen atoms in total. The molecule has 0 spiro atoms. The number of nitrogens with one attached hydrogen (secondary N) is 1. The molecule has 0 saturated carbocycles. The Kier molecular flexibility index (Phi) is 9.79. The Morgan fingerprint density at radius 1 is 1.10 bits per heavy atom. The smallest absolute Gasteiger partial charge is 0.250 e. The van der Waals surface area contributed by atoms with E-state index >= 15 is 0 Å². The number of imide groups is 1. The fourth-order valence-corrected chi connectivity index (χ4v) is 4.67. The fraction of sp³-hybridized carbons (Fsp3) is 0.481. The van der Waals surface area contributed by atoms with E-state index in [1.165, 1.54) is 9.58 Å². The SMILES string of the molecule is CN(/N=c1/ccc(OCCCCCN2CCN(c3ccc(C=O)cn3)CC2)cn1C=O)C1CCC(=O)NC1=O. The third-order valence-corrected chi connectivity index (χ3v) is 6.95. The molecule has 1 N–H and O–H groups in total. The molecule has 4 rings (SSSR count). The molecule has 1 atom stereocenters. The van der Waals surface area contributed by atoms with Crippen LogP contribution in [0.3, 0.4) is 0 Å². The van der Waals surface area contributed by atoms with E-state index < -0.39 is 11.9 Å². The molecular formula is C27H35N7O5. The molecule has 208 valence electrons. The highest BCUT2D eigenvalue weighted by Crippen LogP contribution is 2.15. The number of hydrogen-bond donors (Lipinski definition) is 1. The number of anilines is 1. The normalized spacial score (nSPS) is 18.5. The van der Waals surface area contributed by atoms with Crippen LogP contribution in [-0.4, -0.2) is 96.4 Å². The van der Waals surface area contributed by atoms with Gasteiger partial charge in [0.1, 0.15) is 17.6 Å². The molecule has 12 heteroatoms. The quantitative estimate of drug-likeness (QED) is 0.180. The minimum atomic E-state index is -0.568. The van der Waals surface area contributed by atoms with Gasteiger partial charge in [-0.1, -0.05) is 0 Å². The summed E-state index contributed by atoms with van der Waals surface area (Å²) in [5, 5.41) is 8.16. The first-order chi connectivity index (χ1) is 19.0. The first kappa shape index (κ1) is 28.0. The number of nitrogens with zero attached hydrogens (tertiary/aromatic N) is 6. The standard InChI is InChI=1S/C27H35N7O5/c1-31(23-7-10-26(37)29-27(23)38)30-25-9-6-22(18-34(25)20-36)39-16-4-2-3-11-32-12-14-33(15-13-32)24-8-5-21(19-35)17-28-24/h5-6,8-9,17-20,23H,2-4,7,10-16H2,1H3,(H,29,37,38)/b30-25-. The summed E-state index contributed by atoms with van der Waals surface area (Å²) in [7, 11) is 1.64. The Morgan fingerprint density at radius 3 is 2.62 bits per heavy atom. The van der Waals surface area contributed by atoms with Gasteiger partial charge in [-0.3, -0.25) is 39.0 Å². The van der Waals surface area contributed by atoms with Crippen molar-refractivity contribution in [2.24, 2.45) is 5.10 Å². The van der Waals surface area contributed by atoms with Gasteiger partial charge in [-0.25, -0.2) is 4.98 Å². The molecule has 0 bridgehead atoms. The second-order valence-corrected chi connectivity index (χ2v) is 9.68. The lowest BCUT2D eigenvalue weighted by atomic mass is 10.1. The van der Waals surface area contributed by atoms with Crippen LogP contribution in [0.5, 0.6) is 5.75 Å². The van der Waals surface area contributed by atoms with Crippen molar-refractivity contribution in [3.63, 3.8) is 0 Å². The van der Waals surface area contributed by atoms with Crippen LogP contribution < -0.4 is 20.4 Å². The summed E-state index contributed by atoms with van der Waals surface area (Å²) < 4.78 is 7.15. The van der Waals surface area contributed by atoms with Gasteiger partial charge < -0.3 is 9.64 Å². The van der Waals surface area contributed by atoms with Crippen LogP contribution in [0.1, 0.15) is 42.5 Å². The molecule has 39 heavy (non-hydrogen) atoms. The molecule has 0 aliphatic carbocycles. The number of rotatable bonds is 12. The number of likely N-dealkylation sites (N-methyl/N-ethyl adjacent to an activating group) is 1. The predicted molar refractivity (Wildman–Crippen MR) is 144 cm³/mol. The summed E-state index contributed by atoms with van der Waals surface area (Å²) in [5.74, 6) is 0.800. The number of hydrogen-bond acceptors (Lipinski definition) is 10. The van der Waals surface area contributed by atoms with Crippen molar-refractivity contribution in [3.8, 4) is 5.75 Å². The minimum Gasteiger partial charge on any atom is -0.492 e. The first-order valence-corrected chi connectivity index (χ1v) is 13.3. The van der Waals surface area contributed by atoms with Gasteiger partial charge >= 0.3 is 0 Å². The highest BCUT2D eigenvalue weighted by atomic mass is 16.5. The summed E-state index contributed by atoms with van der Waals surface area (Å²) in [4.78, 5) is 54.9. The van der Waals surface area contributed by atoms with E-state index in [1.54, 1.807) is 37.6 Å². The van der Waals surface area contributed by atoms with Crippen LogP contribution in [0.25, 0.3) is 0 Å². The number of unbranched alkanes of at least 4 members (excludes halogenated alkanes) is 2. The maximum absolute atomic E-state index is 12.1. The number of piperazine rings is 1. The fourth-order valence-electron chi connectivity index (χ4n) is 4.67. The monoisotopic (exact) mass is 537 g/mol. The second-order valence-electron chi connectivity index (χ2n) is 9.68. The highest BCUT2D eigenvalue weighted by Gasteiger charge is 2.29. The Hall–Kier alpha value is -4.06. The van der Waals surface area contributed by atoms with Crippen molar-refractivity contribution < 1.29 is 23.9 Å². The van der Waals surface area contributed by atoms with Crippen molar-refractivity contribution in [3.05, 3.63) is 47.7 Å². The van der Waals surface area contributed by atoms with Crippen LogP contribution in [0.2, 0.25) is 0 Å². The van der Waals surface area contributed by atoms with E-state index in [0.717, 1.165) is 64.1 Å². The Morgan fingerprint density at radius 2 is 1.92 bits per heavy atom. The number of amides is 2. The van der Waals surface area contributed by atoms with Crippen LogP contribution in [0, 0.1) is 0 Å². The van der Waals surface area contributed by atoms with Gasteiger partial charge in [-0.15, -0.1) is 0 Å². The van der Waals surface area contributed by atoms with Gasteiger partial charge in [0.2, 0.25) is 12.3 Å². The topological polar surface area (TPSA) is 129 Å². The maximum atomic E-state index is 12.1. The van der Waals surface area contributed by atoms with Gasteiger partial charge in [0, 0.05) is 51.4 Å². The van der Waals surface area contributed by atoms with Crippen molar-refractivity contribution in [1.29, 1.82) is 0 Å². The van der Waals surface area contributed by atoms with E-state index in [2.05, 4.69) is 25.2 Å². The zero-order valence-electron chi connectivity index (χ0n) is 22.2. The average molecular weight is 538 g/mol. The Balaban J connectivity index is 1.16. The average Bonchev–Trinajstić information content (AvgIpc) is 2.95. The molecule has 2 saturated heterocycles. The third-order valence-electron chi connectivity index (χ3n) is 6.95. The second kappa shape index (κ2) is 13.7. The van der Waals surface area contributed by atoms with Crippen LogP contribution >= 0.6 is 0 Å².